The molecule has 1 atom stereocenters. The molecule has 1 aliphatic carbocycles. The van der Waals surface area contributed by atoms with Crippen LogP contribution in [0, 0.1) is 9.49 Å². The lowest BCUT2D eigenvalue weighted by Gasteiger charge is -2.27. The van der Waals surface area contributed by atoms with Crippen LogP contribution >= 0.6 is 22.6 Å². The van der Waals surface area contributed by atoms with Crippen LogP contribution in [-0.4, -0.2) is 35.5 Å². The van der Waals surface area contributed by atoms with Crippen molar-refractivity contribution in [3.05, 3.63) is 27.3 Å². The zero-order chi connectivity index (χ0) is 13.3. The number of rotatable bonds is 4. The monoisotopic (exact) mass is 360 g/mol. The van der Waals surface area contributed by atoms with E-state index in [1.54, 1.807) is 24.1 Å². The molecule has 98 valence electrons. The maximum atomic E-state index is 12.3. The van der Waals surface area contributed by atoms with Gasteiger partial charge in [-0.2, -0.15) is 0 Å². The average Bonchev–Trinajstić information content (AvgIpc) is 3.17. The Morgan fingerprint density at radius 2 is 2.28 bits per heavy atom. The maximum absolute atomic E-state index is 12.3. The number of phenols is 1. The number of phenolic OH excluding ortho intramolecular Hbond substituents is 1. The van der Waals surface area contributed by atoms with E-state index >= 15 is 0 Å². The minimum absolute atomic E-state index is 0.0796. The number of hydrogen-bond acceptors (Lipinski definition) is 3. The molecule has 1 aromatic rings. The Bertz CT molecular complexity index is 460. The van der Waals surface area contributed by atoms with Crippen molar-refractivity contribution in [1.29, 1.82) is 0 Å². The Morgan fingerprint density at radius 3 is 2.78 bits per heavy atom. The van der Waals surface area contributed by atoms with Gasteiger partial charge in [0.15, 0.2) is 0 Å². The fourth-order valence-corrected chi connectivity index (χ4v) is 2.48. The first-order chi connectivity index (χ1) is 8.54. The van der Waals surface area contributed by atoms with Gasteiger partial charge in [0.1, 0.15) is 5.75 Å². The Balaban J connectivity index is 2.16. The van der Waals surface area contributed by atoms with Crippen molar-refractivity contribution in [2.45, 2.75) is 18.9 Å². The van der Waals surface area contributed by atoms with Gasteiger partial charge in [0.2, 0.25) is 0 Å². The number of halogens is 1. The van der Waals surface area contributed by atoms with E-state index in [4.69, 9.17) is 5.73 Å². The maximum Gasteiger partial charge on any atom is 0.254 e. The Hall–Kier alpha value is -0.820. The second kappa shape index (κ2) is 5.44. The highest BCUT2D eigenvalue weighted by Crippen LogP contribution is 2.35. The van der Waals surface area contributed by atoms with Crippen molar-refractivity contribution < 1.29 is 9.90 Å². The molecule has 0 saturated heterocycles. The molecule has 0 aromatic heterocycles. The van der Waals surface area contributed by atoms with Crippen LogP contribution in [0.25, 0.3) is 0 Å². The summed E-state index contributed by atoms with van der Waals surface area (Å²) in [6.07, 6.45) is 2.30. The number of carbonyl (C=O) groups is 1. The van der Waals surface area contributed by atoms with Gasteiger partial charge in [-0.25, -0.2) is 0 Å². The van der Waals surface area contributed by atoms with Crippen molar-refractivity contribution in [2.75, 3.05) is 13.6 Å². The van der Waals surface area contributed by atoms with Crippen molar-refractivity contribution in [2.24, 2.45) is 11.7 Å². The van der Waals surface area contributed by atoms with Crippen molar-refractivity contribution in [1.82, 2.24) is 4.90 Å². The summed E-state index contributed by atoms with van der Waals surface area (Å²) in [5, 5.41) is 9.65. The molecule has 0 spiro atoms. The number of carbonyl (C=O) groups excluding carboxylic acids is 1. The molecule has 0 bridgehead atoms. The third-order valence-corrected chi connectivity index (χ3v) is 4.33. The first-order valence-corrected chi connectivity index (χ1v) is 7.08. The standard InChI is InChI=1S/C13H17IN2O2/c1-16(11(7-15)8-2-3-8)13(18)9-4-5-10(14)12(17)6-9/h4-6,8,11,17H,2-3,7,15H2,1H3. The number of amides is 1. The van der Waals surface area contributed by atoms with E-state index < -0.39 is 0 Å². The van der Waals surface area contributed by atoms with E-state index in [1.807, 2.05) is 22.6 Å². The zero-order valence-corrected chi connectivity index (χ0v) is 12.4. The van der Waals surface area contributed by atoms with E-state index in [2.05, 4.69) is 0 Å². The number of aromatic hydroxyl groups is 1. The summed E-state index contributed by atoms with van der Waals surface area (Å²) in [6, 6.07) is 5.10. The number of benzene rings is 1. The lowest BCUT2D eigenvalue weighted by molar-refractivity contribution is 0.0718. The van der Waals surface area contributed by atoms with E-state index in [-0.39, 0.29) is 17.7 Å². The molecule has 1 amide bonds. The lowest BCUT2D eigenvalue weighted by atomic mass is 10.1. The summed E-state index contributed by atoms with van der Waals surface area (Å²) in [5.74, 6) is 0.607. The molecule has 2 rings (SSSR count). The van der Waals surface area contributed by atoms with Crippen LogP contribution in [0.4, 0.5) is 0 Å². The zero-order valence-electron chi connectivity index (χ0n) is 10.3. The van der Waals surface area contributed by atoms with E-state index in [0.29, 0.717) is 18.0 Å². The molecular formula is C13H17IN2O2. The van der Waals surface area contributed by atoms with Gasteiger partial charge < -0.3 is 15.7 Å². The Morgan fingerprint density at radius 1 is 1.61 bits per heavy atom. The van der Waals surface area contributed by atoms with Crippen molar-refractivity contribution in [3.8, 4) is 5.75 Å². The molecular weight excluding hydrogens is 343 g/mol. The normalized spacial score (nSPS) is 16.4. The quantitative estimate of drug-likeness (QED) is 0.805. The fourth-order valence-electron chi connectivity index (χ4n) is 2.15. The SMILES string of the molecule is CN(C(=O)c1ccc(I)c(O)c1)C(CN)C1CC1. The minimum atomic E-state index is -0.0796. The number of likely N-dealkylation sites (N-methyl/N-ethyl adjacent to an activating group) is 1. The highest BCUT2D eigenvalue weighted by Gasteiger charge is 2.35. The molecule has 1 saturated carbocycles. The molecule has 0 radical (unpaired) electrons. The second-order valence-corrected chi connectivity index (χ2v) is 5.88. The summed E-state index contributed by atoms with van der Waals surface area (Å²) in [4.78, 5) is 14.0. The predicted molar refractivity (Wildman–Crippen MR) is 78.5 cm³/mol. The molecule has 18 heavy (non-hydrogen) atoms. The van der Waals surface area contributed by atoms with Gasteiger partial charge in [-0.15, -0.1) is 0 Å². The Kier molecular flexibility index (Phi) is 4.11. The van der Waals surface area contributed by atoms with Crippen LogP contribution in [0.2, 0.25) is 0 Å². The molecule has 5 heteroatoms. The smallest absolute Gasteiger partial charge is 0.254 e. The molecule has 0 aliphatic heterocycles. The topological polar surface area (TPSA) is 66.6 Å². The van der Waals surface area contributed by atoms with Gasteiger partial charge in [-0.3, -0.25) is 4.79 Å². The first-order valence-electron chi connectivity index (χ1n) is 6.00. The van der Waals surface area contributed by atoms with Crippen LogP contribution in [-0.2, 0) is 0 Å². The van der Waals surface area contributed by atoms with Crippen LogP contribution in [0.1, 0.15) is 23.2 Å². The van der Waals surface area contributed by atoms with Gasteiger partial charge in [-0.05, 0) is 59.5 Å². The van der Waals surface area contributed by atoms with Crippen LogP contribution < -0.4 is 5.73 Å². The van der Waals surface area contributed by atoms with E-state index in [0.717, 1.165) is 16.4 Å². The van der Waals surface area contributed by atoms with Gasteiger partial charge in [0.05, 0.1) is 3.57 Å². The third-order valence-electron chi connectivity index (χ3n) is 3.42. The largest absolute Gasteiger partial charge is 0.507 e. The molecule has 3 N–H and O–H groups in total. The summed E-state index contributed by atoms with van der Waals surface area (Å²) in [5.41, 5.74) is 6.25. The van der Waals surface area contributed by atoms with Crippen LogP contribution in [0.3, 0.4) is 0 Å². The first kappa shape index (κ1) is 13.6. The third kappa shape index (κ3) is 2.77. The van der Waals surface area contributed by atoms with E-state index in [9.17, 15) is 9.90 Å². The average molecular weight is 360 g/mol. The minimum Gasteiger partial charge on any atom is -0.507 e. The molecule has 1 fully saturated rings. The van der Waals surface area contributed by atoms with E-state index in [1.165, 1.54) is 6.07 Å². The number of hydrogen-bond donors (Lipinski definition) is 2. The summed E-state index contributed by atoms with van der Waals surface area (Å²) in [7, 11) is 1.78. The Labute approximate surface area is 120 Å². The van der Waals surface area contributed by atoms with Crippen molar-refractivity contribution >= 4 is 28.5 Å². The molecule has 1 unspecified atom stereocenters. The second-order valence-electron chi connectivity index (χ2n) is 4.72. The molecule has 4 nitrogen and oxygen atoms in total. The van der Waals surface area contributed by atoms with Crippen molar-refractivity contribution in [3.63, 3.8) is 0 Å². The van der Waals surface area contributed by atoms with Gasteiger partial charge in [0, 0.05) is 25.2 Å². The molecule has 1 aliphatic rings. The van der Waals surface area contributed by atoms with Gasteiger partial charge in [0.25, 0.3) is 5.91 Å². The summed E-state index contributed by atoms with van der Waals surface area (Å²) >= 11 is 2.03. The highest BCUT2D eigenvalue weighted by atomic mass is 127. The lowest BCUT2D eigenvalue weighted by Crippen LogP contribution is -2.43. The van der Waals surface area contributed by atoms with Gasteiger partial charge in [-0.1, -0.05) is 0 Å². The fraction of sp³-hybridized carbons (Fsp3) is 0.462. The highest BCUT2D eigenvalue weighted by molar-refractivity contribution is 14.1. The van der Waals surface area contributed by atoms with Crippen LogP contribution in [0.5, 0.6) is 5.75 Å². The van der Waals surface area contributed by atoms with Gasteiger partial charge >= 0.3 is 0 Å². The molecule has 0 heterocycles. The summed E-state index contributed by atoms with van der Waals surface area (Å²) in [6.45, 7) is 0.489. The number of nitrogens with two attached hydrogens (primary N) is 1. The van der Waals surface area contributed by atoms with Crippen LogP contribution in [0.15, 0.2) is 18.2 Å². The number of nitrogens with zero attached hydrogens (tertiary/aromatic N) is 1. The predicted octanol–water partition coefficient (Wildman–Crippen LogP) is 1.81. The summed E-state index contributed by atoms with van der Waals surface area (Å²) < 4.78 is 0.740. The molecule has 1 aromatic carbocycles.